The molecule has 0 saturated heterocycles. The van der Waals surface area contributed by atoms with Gasteiger partial charge in [0.2, 0.25) is 0 Å². The van der Waals surface area contributed by atoms with Crippen LogP contribution in [0.4, 0.5) is 57.1 Å². The number of halogens is 13. The Morgan fingerprint density at radius 1 is 0.418 bits per heavy atom. The van der Waals surface area contributed by atoms with Crippen molar-refractivity contribution in [1.82, 2.24) is 0 Å². The van der Waals surface area contributed by atoms with Gasteiger partial charge >= 0.3 is 24.7 Å². The number of rotatable bonds is 2. The number of alkyl halides is 12. The highest BCUT2D eigenvalue weighted by molar-refractivity contribution is 6.30. The van der Waals surface area contributed by atoms with Gasteiger partial charge in [0, 0.05) is 39.0 Å². The molecule has 0 fully saturated rings. The minimum Gasteiger partial charge on any atom is -0.206 e. The van der Waals surface area contributed by atoms with Crippen molar-refractivity contribution < 1.29 is 57.1 Å². The molecule has 0 aromatic heterocycles. The zero-order valence-corrected chi connectivity index (χ0v) is 26.1. The molecule has 0 radical (unpaired) electrons. The topological polar surface area (TPSA) is 143 Å². The fourth-order valence-electron chi connectivity index (χ4n) is 6.09. The molecule has 2 aliphatic carbocycles. The van der Waals surface area contributed by atoms with Crippen molar-refractivity contribution in [2.75, 3.05) is 0 Å². The summed E-state index contributed by atoms with van der Waals surface area (Å²) in [5, 5.41) is 59.7. The summed E-state index contributed by atoms with van der Waals surface area (Å²) in [5.41, 5.74) is -22.3. The van der Waals surface area contributed by atoms with Crippen molar-refractivity contribution in [3.05, 3.63) is 115 Å². The summed E-state index contributed by atoms with van der Waals surface area (Å²) in [6, 6.07) is 8.53. The van der Waals surface area contributed by atoms with Crippen LogP contribution in [0.25, 0.3) is 33.4 Å². The molecule has 0 atom stereocenters. The molecule has 2 aliphatic rings. The van der Waals surface area contributed by atoms with Crippen LogP contribution in [0, 0.1) is 73.8 Å². The number of hydrogen-bond donors (Lipinski definition) is 0. The maximum Gasteiger partial charge on any atom is 0.416 e. The fraction of sp³-hybridized carbons (Fsp3) is 0.111. The van der Waals surface area contributed by atoms with Crippen LogP contribution in [0.2, 0.25) is 0 Å². The summed E-state index contributed by atoms with van der Waals surface area (Å²) in [4.78, 5) is 0. The number of nitriles is 6. The summed E-state index contributed by atoms with van der Waals surface area (Å²) in [6.07, 6.45) is -21.9. The summed E-state index contributed by atoms with van der Waals surface area (Å²) >= 11 is 0. The van der Waals surface area contributed by atoms with Crippen LogP contribution in [0.5, 0.6) is 0 Å². The Kier molecular flexibility index (Phi) is 9.15. The molecule has 0 spiro atoms. The number of benzene rings is 3. The third kappa shape index (κ3) is 6.39. The lowest BCUT2D eigenvalue weighted by molar-refractivity contribution is -0.144. The number of fused-ring (bicyclic) bond motifs is 2. The van der Waals surface area contributed by atoms with Crippen molar-refractivity contribution in [3.63, 3.8) is 0 Å². The van der Waals surface area contributed by atoms with Crippen molar-refractivity contribution in [2.45, 2.75) is 24.7 Å². The lowest BCUT2D eigenvalue weighted by Gasteiger charge is -2.16. The van der Waals surface area contributed by atoms with Crippen molar-refractivity contribution in [2.24, 2.45) is 0 Å². The van der Waals surface area contributed by atoms with Gasteiger partial charge in [0.15, 0.2) is 0 Å². The Morgan fingerprint density at radius 2 is 0.764 bits per heavy atom. The molecule has 19 heteroatoms. The smallest absolute Gasteiger partial charge is 0.206 e. The van der Waals surface area contributed by atoms with Crippen LogP contribution in [-0.4, -0.2) is 0 Å². The van der Waals surface area contributed by atoms with Crippen LogP contribution in [0.3, 0.4) is 0 Å². The van der Waals surface area contributed by atoms with Gasteiger partial charge < -0.3 is 0 Å². The molecule has 5 rings (SSSR count). The van der Waals surface area contributed by atoms with Crippen LogP contribution in [0.1, 0.15) is 55.6 Å². The minimum atomic E-state index is -5.47. The summed E-state index contributed by atoms with van der Waals surface area (Å²) in [6.45, 7) is 0. The highest BCUT2D eigenvalue weighted by atomic mass is 19.4. The van der Waals surface area contributed by atoms with E-state index in [0.29, 0.717) is 6.07 Å². The maximum atomic E-state index is 17.1. The average molecular weight is 770 g/mol. The molecule has 0 N–H and O–H groups in total. The van der Waals surface area contributed by atoms with E-state index < -0.39 is 131 Å². The van der Waals surface area contributed by atoms with E-state index in [2.05, 4.69) is 0 Å². The van der Waals surface area contributed by atoms with Gasteiger partial charge in [-0.3, -0.25) is 0 Å². The molecule has 0 saturated carbocycles. The molecular weight excluding hydrogens is 763 g/mol. The summed E-state index contributed by atoms with van der Waals surface area (Å²) in [7, 11) is 0. The van der Waals surface area contributed by atoms with E-state index >= 15 is 4.39 Å². The van der Waals surface area contributed by atoms with Gasteiger partial charge in [-0.15, -0.1) is 0 Å². The quantitative estimate of drug-likeness (QED) is 0.187. The van der Waals surface area contributed by atoms with E-state index in [1.807, 2.05) is 0 Å². The Hall–Kier alpha value is -7.35. The lowest BCUT2D eigenvalue weighted by atomic mass is 9.88. The molecular formula is C36H7F13N6. The van der Waals surface area contributed by atoms with E-state index in [-0.39, 0.29) is 36.4 Å². The Morgan fingerprint density at radius 3 is 1.09 bits per heavy atom. The minimum absolute atomic E-state index is 0.102. The molecule has 0 amide bonds. The highest BCUT2D eigenvalue weighted by Crippen LogP contribution is 2.57. The van der Waals surface area contributed by atoms with Gasteiger partial charge in [-0.2, -0.15) is 84.3 Å². The van der Waals surface area contributed by atoms with Crippen LogP contribution >= 0.6 is 0 Å². The third-order valence-corrected chi connectivity index (χ3v) is 8.23. The predicted molar refractivity (Wildman–Crippen MR) is 160 cm³/mol. The van der Waals surface area contributed by atoms with Crippen LogP contribution < -0.4 is 0 Å². The van der Waals surface area contributed by atoms with Crippen LogP contribution in [-0.2, 0) is 24.7 Å². The van der Waals surface area contributed by atoms with E-state index in [1.54, 1.807) is 0 Å². The van der Waals surface area contributed by atoms with E-state index in [0.717, 1.165) is 0 Å². The second-order valence-electron chi connectivity index (χ2n) is 11.3. The zero-order valence-electron chi connectivity index (χ0n) is 26.1. The zero-order chi connectivity index (χ0) is 41.2. The van der Waals surface area contributed by atoms with Gasteiger partial charge in [-0.1, -0.05) is 0 Å². The fourth-order valence-corrected chi connectivity index (χ4v) is 6.09. The van der Waals surface area contributed by atoms with Gasteiger partial charge in [-0.25, -0.2) is 4.39 Å². The Bertz CT molecular complexity index is 2560. The first-order chi connectivity index (χ1) is 25.5. The first-order valence-corrected chi connectivity index (χ1v) is 14.3. The largest absolute Gasteiger partial charge is 0.416 e. The third-order valence-electron chi connectivity index (χ3n) is 8.23. The molecule has 3 aromatic rings. The van der Waals surface area contributed by atoms with E-state index in [4.69, 9.17) is 0 Å². The predicted octanol–water partition coefficient (Wildman–Crippen LogP) is 10.4. The van der Waals surface area contributed by atoms with Crippen molar-refractivity contribution in [1.29, 1.82) is 31.6 Å². The molecule has 272 valence electrons. The molecule has 0 unspecified atom stereocenters. The van der Waals surface area contributed by atoms with Crippen LogP contribution in [0.15, 0.2) is 53.6 Å². The maximum absolute atomic E-state index is 17.1. The Balaban J connectivity index is 2.00. The standard InChI is InChI=1S/C36H7F13N6/c37-32-30-23(28(16(8-50)9-51)27(25(30)13-55)15-3-20(35(44,45)46)6-21(4-15)36(47,48)49)7-22-24(12-54)26(29(31(22)32)17(10-52)11-53)14-1-18(33(38,39)40)5-19(2-14)34(41,42)43/h1-7H. The number of nitrogens with zero attached hydrogens (tertiary/aromatic N) is 6. The lowest BCUT2D eigenvalue weighted by Crippen LogP contribution is -2.12. The first-order valence-electron chi connectivity index (χ1n) is 14.3. The van der Waals surface area contributed by atoms with Gasteiger partial charge in [0.25, 0.3) is 0 Å². The molecule has 55 heavy (non-hydrogen) atoms. The molecule has 0 heterocycles. The van der Waals surface area contributed by atoms with Gasteiger partial charge in [-0.05, 0) is 59.2 Å². The van der Waals surface area contributed by atoms with Gasteiger partial charge in [0.1, 0.15) is 53.4 Å². The number of hydrogen-bond acceptors (Lipinski definition) is 6. The molecule has 0 bridgehead atoms. The summed E-state index contributed by atoms with van der Waals surface area (Å²) < 4.78 is 183. The number of allylic oxidation sites excluding steroid dienone is 8. The first kappa shape index (κ1) is 38.9. The van der Waals surface area contributed by atoms with E-state index in [1.165, 1.54) is 36.4 Å². The SMILES string of the molecule is N#CC(C#N)=C1C(c2cc(C(F)(F)F)cc(C(F)(F)F)c2)=C(C#N)c2c1cc1c(c2F)C(=C(C#N)C#N)C(c2cc(C(F)(F)F)cc(C(F)(F)F)c2)=C1C#N. The van der Waals surface area contributed by atoms with Crippen molar-refractivity contribution in [3.8, 4) is 36.4 Å². The monoisotopic (exact) mass is 770 g/mol. The highest BCUT2D eigenvalue weighted by Gasteiger charge is 2.44. The van der Waals surface area contributed by atoms with E-state index in [9.17, 15) is 84.3 Å². The van der Waals surface area contributed by atoms with Crippen molar-refractivity contribution >= 4 is 33.4 Å². The average Bonchev–Trinajstić information content (AvgIpc) is 3.61. The normalized spacial score (nSPS) is 13.9. The molecule has 0 aliphatic heterocycles. The molecule has 3 aromatic carbocycles. The second-order valence-corrected chi connectivity index (χ2v) is 11.3. The Labute approximate surface area is 298 Å². The van der Waals surface area contributed by atoms with Gasteiger partial charge in [0.05, 0.1) is 33.4 Å². The second kappa shape index (κ2) is 12.9. The summed E-state index contributed by atoms with van der Waals surface area (Å²) in [5.74, 6) is -1.81. The molecule has 6 nitrogen and oxygen atoms in total.